The summed E-state index contributed by atoms with van der Waals surface area (Å²) < 4.78 is 33.3. The van der Waals surface area contributed by atoms with Crippen molar-refractivity contribution in [2.45, 2.75) is 88.2 Å². The number of hydrogen-bond acceptors (Lipinski definition) is 8. The molecular formula is C21H30O8. The van der Waals surface area contributed by atoms with Gasteiger partial charge in [-0.3, -0.25) is 0 Å². The Balaban J connectivity index is 1.000. The van der Waals surface area contributed by atoms with Gasteiger partial charge < -0.3 is 28.4 Å². The zero-order valence-corrected chi connectivity index (χ0v) is 17.1. The fourth-order valence-electron chi connectivity index (χ4n) is 5.08. The first-order chi connectivity index (χ1) is 13.8. The van der Waals surface area contributed by atoms with E-state index in [-0.39, 0.29) is 49.3 Å². The van der Waals surface area contributed by atoms with E-state index in [2.05, 4.69) is 13.8 Å². The number of fused-ring (bicyclic) bond motifs is 2. The molecule has 3 aliphatic heterocycles. The second-order valence-electron chi connectivity index (χ2n) is 9.67. The van der Waals surface area contributed by atoms with Gasteiger partial charge in [-0.25, -0.2) is 9.59 Å². The lowest BCUT2D eigenvalue weighted by Crippen LogP contribution is -2.44. The van der Waals surface area contributed by atoms with Crippen LogP contribution in [0.5, 0.6) is 0 Å². The highest BCUT2D eigenvalue weighted by atomic mass is 16.7. The molecule has 5 aliphatic rings. The number of rotatable bonds is 4. The van der Waals surface area contributed by atoms with Crippen molar-refractivity contribution in [1.82, 2.24) is 0 Å². The number of ether oxygens (including phenoxy) is 6. The quantitative estimate of drug-likeness (QED) is 0.393. The monoisotopic (exact) mass is 410 g/mol. The topological polar surface area (TPSA) is 96.1 Å². The smallest absolute Gasteiger partial charge is 0.417 e. The predicted octanol–water partition coefficient (Wildman–Crippen LogP) is 1.73. The molecule has 29 heavy (non-hydrogen) atoms. The molecule has 6 atom stereocenters. The zero-order valence-electron chi connectivity index (χ0n) is 17.1. The van der Waals surface area contributed by atoms with Crippen molar-refractivity contribution < 1.29 is 38.0 Å². The van der Waals surface area contributed by atoms with Crippen LogP contribution in [-0.4, -0.2) is 67.6 Å². The van der Waals surface area contributed by atoms with E-state index in [1.165, 1.54) is 0 Å². The van der Waals surface area contributed by atoms with Gasteiger partial charge in [0.25, 0.3) is 0 Å². The predicted molar refractivity (Wildman–Crippen MR) is 97.8 cm³/mol. The van der Waals surface area contributed by atoms with Crippen LogP contribution in [0.3, 0.4) is 0 Å². The Morgan fingerprint density at radius 1 is 0.931 bits per heavy atom. The van der Waals surface area contributed by atoms with Gasteiger partial charge in [-0.2, -0.15) is 0 Å². The fraction of sp³-hybridized carbons (Fsp3) is 0.905. The number of carbonyl (C=O) groups excluding carboxylic acids is 2. The maximum atomic E-state index is 12.0. The van der Waals surface area contributed by atoms with Gasteiger partial charge in [-0.1, -0.05) is 0 Å². The summed E-state index contributed by atoms with van der Waals surface area (Å²) in [7, 11) is 0. The van der Waals surface area contributed by atoms with E-state index in [1.54, 1.807) is 0 Å². The molecule has 8 heteroatoms. The Morgan fingerprint density at radius 3 is 2.24 bits per heavy atom. The first-order valence-electron chi connectivity index (χ1n) is 10.8. The molecule has 2 aliphatic carbocycles. The Morgan fingerprint density at radius 2 is 1.59 bits per heavy atom. The van der Waals surface area contributed by atoms with Crippen molar-refractivity contribution in [2.75, 3.05) is 19.8 Å². The van der Waals surface area contributed by atoms with Gasteiger partial charge in [-0.05, 0) is 58.3 Å². The molecule has 3 heterocycles. The molecule has 6 unspecified atom stereocenters. The molecule has 0 amide bonds. The molecule has 0 bridgehead atoms. The molecule has 0 aromatic rings. The van der Waals surface area contributed by atoms with Gasteiger partial charge in [0.1, 0.15) is 6.10 Å². The van der Waals surface area contributed by atoms with E-state index in [0.29, 0.717) is 12.0 Å². The molecule has 5 rings (SSSR count). The molecule has 0 aromatic heterocycles. The summed E-state index contributed by atoms with van der Waals surface area (Å²) in [5.41, 5.74) is 0.0911. The molecule has 0 radical (unpaired) electrons. The highest BCUT2D eigenvalue weighted by Gasteiger charge is 2.57. The van der Waals surface area contributed by atoms with E-state index >= 15 is 0 Å². The first-order valence-corrected chi connectivity index (χ1v) is 10.8. The van der Waals surface area contributed by atoms with Crippen molar-refractivity contribution in [2.24, 2.45) is 11.8 Å². The summed E-state index contributed by atoms with van der Waals surface area (Å²) in [6.45, 7) is 4.94. The van der Waals surface area contributed by atoms with Crippen LogP contribution in [0, 0.1) is 11.8 Å². The molecule has 0 N–H and O–H groups in total. The number of epoxide rings is 2. The van der Waals surface area contributed by atoms with Gasteiger partial charge in [0.2, 0.25) is 0 Å². The van der Waals surface area contributed by atoms with Gasteiger partial charge in [-0.15, -0.1) is 0 Å². The van der Waals surface area contributed by atoms with Crippen LogP contribution in [-0.2, 0) is 38.0 Å². The summed E-state index contributed by atoms with van der Waals surface area (Å²) in [5, 5.41) is 0. The zero-order chi connectivity index (χ0) is 20.2. The van der Waals surface area contributed by atoms with E-state index in [0.717, 1.165) is 38.5 Å². The van der Waals surface area contributed by atoms with Gasteiger partial charge in [0.15, 0.2) is 6.29 Å². The lowest BCUT2D eigenvalue weighted by Gasteiger charge is -2.35. The van der Waals surface area contributed by atoms with E-state index in [1.807, 2.05) is 0 Å². The minimum Gasteiger partial charge on any atom is -0.457 e. The van der Waals surface area contributed by atoms with Crippen molar-refractivity contribution in [1.29, 1.82) is 0 Å². The Hall–Kier alpha value is -1.22. The van der Waals surface area contributed by atoms with Crippen molar-refractivity contribution >= 4 is 11.9 Å². The molecule has 8 nitrogen and oxygen atoms in total. The molecule has 162 valence electrons. The van der Waals surface area contributed by atoms with E-state index < -0.39 is 18.0 Å². The average Bonchev–Trinajstić information content (AvgIpc) is 3.58. The molecular weight excluding hydrogens is 380 g/mol. The van der Waals surface area contributed by atoms with Crippen molar-refractivity contribution in [3.8, 4) is 0 Å². The standard InChI is InChI=1S/C21H30O8/c1-20-5-3-12(7-15(20)28-20)9-24-17(22)18(23)27-14-10-25-19(26-11-14)13-4-6-21(2)16(8-13)29-21/h12-16,19H,3-11H2,1-2H3. The van der Waals surface area contributed by atoms with Crippen LogP contribution in [0.15, 0.2) is 0 Å². The maximum absolute atomic E-state index is 12.0. The number of hydrogen-bond donors (Lipinski definition) is 0. The summed E-state index contributed by atoms with van der Waals surface area (Å²) in [5.74, 6) is -1.40. The Bertz CT molecular complexity index is 674. The minimum atomic E-state index is -0.983. The van der Waals surface area contributed by atoms with Crippen LogP contribution in [0.2, 0.25) is 0 Å². The summed E-state index contributed by atoms with van der Waals surface area (Å²) in [6.07, 6.45) is 5.41. The minimum absolute atomic E-state index is 0.0290. The fourth-order valence-corrected chi connectivity index (χ4v) is 5.08. The molecule has 3 saturated heterocycles. The molecule has 5 fully saturated rings. The van der Waals surface area contributed by atoms with Crippen LogP contribution >= 0.6 is 0 Å². The van der Waals surface area contributed by atoms with Crippen molar-refractivity contribution in [3.05, 3.63) is 0 Å². The van der Waals surface area contributed by atoms with Crippen LogP contribution in [0.25, 0.3) is 0 Å². The van der Waals surface area contributed by atoms with Crippen LogP contribution < -0.4 is 0 Å². The van der Waals surface area contributed by atoms with Gasteiger partial charge in [0.05, 0.1) is 43.2 Å². The van der Waals surface area contributed by atoms with Gasteiger partial charge >= 0.3 is 11.9 Å². The Labute approximate surface area is 170 Å². The molecule has 0 spiro atoms. The number of carbonyl (C=O) groups is 2. The van der Waals surface area contributed by atoms with E-state index in [4.69, 9.17) is 28.4 Å². The maximum Gasteiger partial charge on any atom is 0.417 e. The second-order valence-corrected chi connectivity index (χ2v) is 9.67. The highest BCUT2D eigenvalue weighted by Crippen LogP contribution is 2.50. The third-order valence-electron chi connectivity index (χ3n) is 7.36. The third-order valence-corrected chi connectivity index (χ3v) is 7.36. The lowest BCUT2D eigenvalue weighted by molar-refractivity contribution is -0.246. The normalized spacial score (nSPS) is 48.1. The molecule has 0 aromatic carbocycles. The summed E-state index contributed by atoms with van der Waals surface area (Å²) in [4.78, 5) is 24.0. The third kappa shape index (κ3) is 4.04. The Kier molecular flexibility index (Phi) is 4.89. The molecule has 2 saturated carbocycles. The van der Waals surface area contributed by atoms with Crippen LogP contribution in [0.1, 0.15) is 52.4 Å². The lowest BCUT2D eigenvalue weighted by atomic mass is 9.82. The van der Waals surface area contributed by atoms with Gasteiger partial charge in [0, 0.05) is 5.92 Å². The SMILES string of the molecule is CC12CCC(COC(=O)C(=O)OC3COC(C4CCC5(C)OC5C4)OC3)CC1O2. The van der Waals surface area contributed by atoms with Crippen LogP contribution in [0.4, 0.5) is 0 Å². The van der Waals surface area contributed by atoms with E-state index in [9.17, 15) is 9.59 Å². The summed E-state index contributed by atoms with van der Waals surface area (Å²) >= 11 is 0. The first kappa shape index (κ1) is 19.7. The average molecular weight is 410 g/mol. The second kappa shape index (κ2) is 7.18. The summed E-state index contributed by atoms with van der Waals surface area (Å²) in [6, 6.07) is 0. The van der Waals surface area contributed by atoms with Crippen molar-refractivity contribution in [3.63, 3.8) is 0 Å². The number of esters is 2. The largest absolute Gasteiger partial charge is 0.457 e. The highest BCUT2D eigenvalue weighted by molar-refractivity contribution is 6.29.